The number of carbonyl (C=O) groups is 2. The van der Waals surface area contributed by atoms with Gasteiger partial charge in [0.1, 0.15) is 0 Å². The molecule has 1 unspecified atom stereocenters. The Bertz CT molecular complexity index is 685. The zero-order chi connectivity index (χ0) is 16.2. The van der Waals surface area contributed by atoms with E-state index in [-0.39, 0.29) is 12.3 Å². The highest BCUT2D eigenvalue weighted by atomic mass is 32.1. The first kappa shape index (κ1) is 15.7. The van der Waals surface area contributed by atoms with Crippen molar-refractivity contribution in [2.24, 2.45) is 0 Å². The van der Waals surface area contributed by atoms with Gasteiger partial charge in [0.2, 0.25) is 0 Å². The standard InChI is InChI=1S/C18H19NO3S/c20-17(21)11-14(12-6-2-1-3-7-12)19-18(22)16-10-13-8-4-5-9-15(13)23-16/h1-3,6-7,10,14H,4-5,8-9,11H2,(H,19,22)(H,20,21). The van der Waals surface area contributed by atoms with E-state index in [0.29, 0.717) is 4.88 Å². The van der Waals surface area contributed by atoms with Crippen LogP contribution < -0.4 is 5.32 Å². The summed E-state index contributed by atoms with van der Waals surface area (Å²) < 4.78 is 0. The lowest BCUT2D eigenvalue weighted by Crippen LogP contribution is -2.29. The molecule has 4 nitrogen and oxygen atoms in total. The molecule has 1 aromatic heterocycles. The van der Waals surface area contributed by atoms with Gasteiger partial charge in [-0.25, -0.2) is 0 Å². The van der Waals surface area contributed by atoms with Crippen LogP contribution in [0.1, 0.15) is 51.0 Å². The number of aliphatic carboxylic acids is 1. The number of carboxylic acids is 1. The number of fused-ring (bicyclic) bond motifs is 1. The number of carboxylic acid groups (broad SMARTS) is 1. The maximum Gasteiger partial charge on any atom is 0.305 e. The van der Waals surface area contributed by atoms with E-state index in [4.69, 9.17) is 5.11 Å². The number of aryl methyl sites for hydroxylation is 2. The van der Waals surface area contributed by atoms with Crippen molar-refractivity contribution in [1.82, 2.24) is 5.32 Å². The summed E-state index contributed by atoms with van der Waals surface area (Å²) in [4.78, 5) is 25.6. The van der Waals surface area contributed by atoms with Crippen LogP contribution in [-0.2, 0) is 17.6 Å². The maximum absolute atomic E-state index is 12.5. The second kappa shape index (κ2) is 6.96. The van der Waals surface area contributed by atoms with E-state index in [2.05, 4.69) is 5.32 Å². The third-order valence-electron chi connectivity index (χ3n) is 4.11. The van der Waals surface area contributed by atoms with Gasteiger partial charge < -0.3 is 10.4 Å². The second-order valence-electron chi connectivity index (χ2n) is 5.80. The van der Waals surface area contributed by atoms with E-state index in [1.807, 2.05) is 36.4 Å². The predicted molar refractivity (Wildman–Crippen MR) is 89.9 cm³/mol. The lowest BCUT2D eigenvalue weighted by atomic mass is 9.99. The summed E-state index contributed by atoms with van der Waals surface area (Å²) in [5.41, 5.74) is 2.09. The van der Waals surface area contributed by atoms with Crippen molar-refractivity contribution in [3.63, 3.8) is 0 Å². The Balaban J connectivity index is 1.77. The van der Waals surface area contributed by atoms with Crippen LogP contribution in [0.15, 0.2) is 36.4 Å². The Labute approximate surface area is 139 Å². The molecule has 120 valence electrons. The number of rotatable bonds is 5. The average molecular weight is 329 g/mol. The highest BCUT2D eigenvalue weighted by molar-refractivity contribution is 7.14. The summed E-state index contributed by atoms with van der Waals surface area (Å²) in [6, 6.07) is 10.7. The molecular weight excluding hydrogens is 310 g/mol. The van der Waals surface area contributed by atoms with Gasteiger partial charge in [0.15, 0.2) is 0 Å². The van der Waals surface area contributed by atoms with Gasteiger partial charge in [-0.3, -0.25) is 9.59 Å². The van der Waals surface area contributed by atoms with Crippen LogP contribution in [0.3, 0.4) is 0 Å². The van der Waals surface area contributed by atoms with E-state index in [1.54, 1.807) is 11.3 Å². The number of amides is 1. The first-order valence-electron chi connectivity index (χ1n) is 7.82. The van der Waals surface area contributed by atoms with E-state index in [9.17, 15) is 9.59 Å². The van der Waals surface area contributed by atoms with Crippen LogP contribution in [0.4, 0.5) is 0 Å². The van der Waals surface area contributed by atoms with Crippen molar-refractivity contribution < 1.29 is 14.7 Å². The van der Waals surface area contributed by atoms with Crippen molar-refractivity contribution >= 4 is 23.2 Å². The zero-order valence-electron chi connectivity index (χ0n) is 12.7. The minimum Gasteiger partial charge on any atom is -0.481 e. The highest BCUT2D eigenvalue weighted by Gasteiger charge is 2.22. The largest absolute Gasteiger partial charge is 0.481 e. The molecule has 0 aliphatic heterocycles. The Morgan fingerprint density at radius 3 is 2.61 bits per heavy atom. The molecule has 1 aliphatic rings. The van der Waals surface area contributed by atoms with E-state index < -0.39 is 12.0 Å². The first-order valence-corrected chi connectivity index (χ1v) is 8.64. The van der Waals surface area contributed by atoms with Crippen LogP contribution in [0.2, 0.25) is 0 Å². The summed E-state index contributed by atoms with van der Waals surface area (Å²) >= 11 is 1.54. The fraction of sp³-hybridized carbons (Fsp3) is 0.333. The van der Waals surface area contributed by atoms with Crippen LogP contribution in [0, 0.1) is 0 Å². The molecule has 0 radical (unpaired) electrons. The number of hydrogen-bond acceptors (Lipinski definition) is 3. The summed E-state index contributed by atoms with van der Waals surface area (Å²) in [6.07, 6.45) is 4.32. The monoisotopic (exact) mass is 329 g/mol. The fourth-order valence-electron chi connectivity index (χ4n) is 2.94. The number of benzene rings is 1. The number of carbonyl (C=O) groups excluding carboxylic acids is 1. The minimum absolute atomic E-state index is 0.124. The molecular formula is C18H19NO3S. The summed E-state index contributed by atoms with van der Waals surface area (Å²) in [6.45, 7) is 0. The number of nitrogens with one attached hydrogen (secondary N) is 1. The fourth-order valence-corrected chi connectivity index (χ4v) is 4.10. The number of thiophene rings is 1. The van der Waals surface area contributed by atoms with Gasteiger partial charge in [0, 0.05) is 4.88 Å². The van der Waals surface area contributed by atoms with Crippen LogP contribution >= 0.6 is 11.3 Å². The number of hydrogen-bond donors (Lipinski definition) is 2. The second-order valence-corrected chi connectivity index (χ2v) is 6.94. The third-order valence-corrected chi connectivity index (χ3v) is 5.34. The molecule has 0 saturated heterocycles. The lowest BCUT2D eigenvalue weighted by molar-refractivity contribution is -0.137. The summed E-state index contributed by atoms with van der Waals surface area (Å²) in [7, 11) is 0. The molecule has 1 aliphatic carbocycles. The molecule has 1 heterocycles. The quantitative estimate of drug-likeness (QED) is 0.881. The van der Waals surface area contributed by atoms with Gasteiger partial charge in [-0.2, -0.15) is 0 Å². The third kappa shape index (κ3) is 3.79. The zero-order valence-corrected chi connectivity index (χ0v) is 13.6. The van der Waals surface area contributed by atoms with Gasteiger partial charge in [-0.15, -0.1) is 11.3 Å². The van der Waals surface area contributed by atoms with Crippen LogP contribution in [0.25, 0.3) is 0 Å². The molecule has 2 N–H and O–H groups in total. The van der Waals surface area contributed by atoms with Crippen molar-refractivity contribution in [2.75, 3.05) is 0 Å². The van der Waals surface area contributed by atoms with Gasteiger partial charge >= 0.3 is 5.97 Å². The highest BCUT2D eigenvalue weighted by Crippen LogP contribution is 2.30. The Morgan fingerprint density at radius 1 is 1.17 bits per heavy atom. The van der Waals surface area contributed by atoms with E-state index in [1.165, 1.54) is 23.3 Å². The molecule has 1 amide bonds. The van der Waals surface area contributed by atoms with Crippen molar-refractivity contribution in [3.8, 4) is 0 Å². The smallest absolute Gasteiger partial charge is 0.305 e. The van der Waals surface area contributed by atoms with E-state index >= 15 is 0 Å². The Kier molecular flexibility index (Phi) is 4.76. The molecule has 2 aromatic rings. The average Bonchev–Trinajstić information content (AvgIpc) is 2.99. The molecule has 0 spiro atoms. The molecule has 0 bridgehead atoms. The Hall–Kier alpha value is -2.14. The van der Waals surface area contributed by atoms with Crippen LogP contribution in [-0.4, -0.2) is 17.0 Å². The van der Waals surface area contributed by atoms with Crippen molar-refractivity contribution in [2.45, 2.75) is 38.1 Å². The SMILES string of the molecule is O=C(O)CC(NC(=O)c1cc2c(s1)CCCC2)c1ccccc1. The first-order chi connectivity index (χ1) is 11.1. The molecule has 1 atom stereocenters. The predicted octanol–water partition coefficient (Wildman–Crippen LogP) is 3.57. The van der Waals surface area contributed by atoms with Crippen LogP contribution in [0.5, 0.6) is 0 Å². The summed E-state index contributed by atoms with van der Waals surface area (Å²) in [5, 5.41) is 12.0. The van der Waals surface area contributed by atoms with Gasteiger partial charge in [-0.1, -0.05) is 30.3 Å². The van der Waals surface area contributed by atoms with Gasteiger partial charge in [0.05, 0.1) is 17.3 Å². The molecule has 1 aromatic carbocycles. The molecule has 0 fully saturated rings. The maximum atomic E-state index is 12.5. The molecule has 5 heteroatoms. The normalized spacial score (nSPS) is 14.8. The molecule has 23 heavy (non-hydrogen) atoms. The Morgan fingerprint density at radius 2 is 1.91 bits per heavy atom. The lowest BCUT2D eigenvalue weighted by Gasteiger charge is -2.16. The molecule has 0 saturated carbocycles. The summed E-state index contributed by atoms with van der Waals surface area (Å²) in [5.74, 6) is -1.11. The van der Waals surface area contributed by atoms with Crippen molar-refractivity contribution in [3.05, 3.63) is 57.3 Å². The van der Waals surface area contributed by atoms with Gasteiger partial charge in [0.25, 0.3) is 5.91 Å². The van der Waals surface area contributed by atoms with E-state index in [0.717, 1.165) is 18.4 Å². The molecule has 3 rings (SSSR count). The van der Waals surface area contributed by atoms with Gasteiger partial charge in [-0.05, 0) is 42.9 Å². The van der Waals surface area contributed by atoms with Crippen molar-refractivity contribution in [1.29, 1.82) is 0 Å². The topological polar surface area (TPSA) is 66.4 Å². The minimum atomic E-state index is -0.926.